The zero-order chi connectivity index (χ0) is 15.6. The Kier molecular flexibility index (Phi) is 5.24. The maximum atomic E-state index is 12.0. The number of benzene rings is 1. The van der Waals surface area contributed by atoms with Crippen molar-refractivity contribution < 1.29 is 9.90 Å². The zero-order valence-corrected chi connectivity index (χ0v) is 14.2. The number of hydrogen-bond acceptors (Lipinski definition) is 4. The average Bonchev–Trinajstić information content (AvgIpc) is 2.72. The molecule has 1 aromatic rings. The number of carbonyl (C=O) groups excluding carboxylic acids is 1. The summed E-state index contributed by atoms with van der Waals surface area (Å²) in [6, 6.07) is 3.93. The molecule has 0 saturated heterocycles. The third-order valence-electron chi connectivity index (χ3n) is 3.63. The second kappa shape index (κ2) is 6.77. The minimum absolute atomic E-state index is 0.0193. The van der Waals surface area contributed by atoms with Gasteiger partial charge in [-0.1, -0.05) is 6.92 Å². The van der Waals surface area contributed by atoms with Crippen LogP contribution in [-0.4, -0.2) is 36.8 Å². The first-order valence-electron chi connectivity index (χ1n) is 7.24. The Bertz CT molecular complexity index is 534. The molecule has 0 aliphatic carbocycles. The second-order valence-corrected chi connectivity index (χ2v) is 6.24. The highest BCUT2D eigenvalue weighted by Crippen LogP contribution is 2.39. The predicted octanol–water partition coefficient (Wildman–Crippen LogP) is 2.26. The monoisotopic (exact) mass is 355 g/mol. The van der Waals surface area contributed by atoms with Crippen molar-refractivity contribution >= 4 is 33.2 Å². The van der Waals surface area contributed by atoms with Crippen LogP contribution < -0.4 is 15.5 Å². The molecular weight excluding hydrogens is 334 g/mol. The number of rotatable bonds is 6. The molecule has 6 heteroatoms. The van der Waals surface area contributed by atoms with Crippen molar-refractivity contribution in [2.45, 2.75) is 32.9 Å². The first-order chi connectivity index (χ1) is 9.99. The molecule has 0 spiro atoms. The van der Waals surface area contributed by atoms with Gasteiger partial charge in [0.05, 0.1) is 12.3 Å². The molecule has 1 heterocycles. The van der Waals surface area contributed by atoms with Crippen molar-refractivity contribution in [2.75, 3.05) is 29.9 Å². The van der Waals surface area contributed by atoms with E-state index in [-0.39, 0.29) is 24.6 Å². The lowest BCUT2D eigenvalue weighted by atomic mass is 10.1. The lowest BCUT2D eigenvalue weighted by molar-refractivity contribution is -0.117. The van der Waals surface area contributed by atoms with Gasteiger partial charge in [-0.15, -0.1) is 0 Å². The topological polar surface area (TPSA) is 64.6 Å². The van der Waals surface area contributed by atoms with E-state index in [0.29, 0.717) is 6.54 Å². The van der Waals surface area contributed by atoms with E-state index >= 15 is 0 Å². The number of likely N-dealkylation sites (N-methyl/N-ethyl adjacent to an activating group) is 1. The molecule has 0 aromatic heterocycles. The van der Waals surface area contributed by atoms with Crippen LogP contribution in [-0.2, 0) is 4.79 Å². The summed E-state index contributed by atoms with van der Waals surface area (Å²) in [5.41, 5.74) is 2.79. The van der Waals surface area contributed by atoms with E-state index < -0.39 is 0 Å². The molecular formula is C15H22BrN3O2. The molecule has 0 bridgehead atoms. The highest BCUT2D eigenvalue weighted by molar-refractivity contribution is 9.10. The summed E-state index contributed by atoms with van der Waals surface area (Å²) in [6.45, 7) is 7.52. The number of aliphatic hydroxyl groups is 1. The Morgan fingerprint density at radius 3 is 2.76 bits per heavy atom. The van der Waals surface area contributed by atoms with Gasteiger partial charge in [0.2, 0.25) is 5.91 Å². The van der Waals surface area contributed by atoms with Crippen molar-refractivity contribution in [1.29, 1.82) is 0 Å². The van der Waals surface area contributed by atoms with Crippen LogP contribution in [0.15, 0.2) is 16.6 Å². The van der Waals surface area contributed by atoms with Crippen LogP contribution in [0.4, 0.5) is 11.4 Å². The van der Waals surface area contributed by atoms with E-state index in [9.17, 15) is 9.90 Å². The van der Waals surface area contributed by atoms with Crippen LogP contribution in [0.1, 0.15) is 32.4 Å². The summed E-state index contributed by atoms with van der Waals surface area (Å²) in [7, 11) is 0. The first-order valence-corrected chi connectivity index (χ1v) is 8.04. The molecule has 1 aliphatic rings. The van der Waals surface area contributed by atoms with Gasteiger partial charge in [0.1, 0.15) is 6.04 Å². The van der Waals surface area contributed by atoms with Crippen molar-refractivity contribution in [2.24, 2.45) is 0 Å². The number of hydrogen-bond donors (Lipinski definition) is 3. The van der Waals surface area contributed by atoms with E-state index in [1.54, 1.807) is 0 Å². The smallest absolute Gasteiger partial charge is 0.246 e. The Hall–Kier alpha value is -1.11. The van der Waals surface area contributed by atoms with Gasteiger partial charge in [0.15, 0.2) is 0 Å². The van der Waals surface area contributed by atoms with Crippen molar-refractivity contribution in [1.82, 2.24) is 5.32 Å². The summed E-state index contributed by atoms with van der Waals surface area (Å²) in [6.07, 6.45) is 0. The van der Waals surface area contributed by atoms with Crippen LogP contribution in [0.3, 0.4) is 0 Å². The Labute approximate surface area is 133 Å². The minimum Gasteiger partial charge on any atom is -0.395 e. The molecule has 1 atom stereocenters. The molecule has 0 radical (unpaired) electrons. The third-order valence-corrected chi connectivity index (χ3v) is 4.27. The highest BCUT2D eigenvalue weighted by Gasteiger charge is 2.31. The number of anilines is 2. The summed E-state index contributed by atoms with van der Waals surface area (Å²) in [5.74, 6) is -0.0193. The van der Waals surface area contributed by atoms with E-state index in [1.807, 2.05) is 19.1 Å². The normalized spacial score (nSPS) is 17.0. The number of fused-ring (bicyclic) bond motifs is 1. The molecule has 116 valence electrons. The van der Waals surface area contributed by atoms with Crippen LogP contribution in [0.2, 0.25) is 0 Å². The molecule has 1 amide bonds. The number of nitrogens with one attached hydrogen (secondary N) is 2. The minimum atomic E-state index is -0.291. The van der Waals surface area contributed by atoms with Crippen LogP contribution in [0, 0.1) is 0 Å². The van der Waals surface area contributed by atoms with Crippen LogP contribution >= 0.6 is 15.9 Å². The average molecular weight is 356 g/mol. The molecule has 21 heavy (non-hydrogen) atoms. The summed E-state index contributed by atoms with van der Waals surface area (Å²) >= 11 is 3.60. The van der Waals surface area contributed by atoms with E-state index in [1.165, 1.54) is 0 Å². The molecule has 1 unspecified atom stereocenters. The van der Waals surface area contributed by atoms with Crippen molar-refractivity contribution in [3.8, 4) is 0 Å². The second-order valence-electron chi connectivity index (χ2n) is 5.38. The molecule has 0 saturated carbocycles. The lowest BCUT2D eigenvalue weighted by Gasteiger charge is -2.29. The maximum Gasteiger partial charge on any atom is 0.246 e. The summed E-state index contributed by atoms with van der Waals surface area (Å²) < 4.78 is 0.933. The maximum absolute atomic E-state index is 12.0. The lowest BCUT2D eigenvalue weighted by Crippen LogP contribution is -2.33. The Morgan fingerprint density at radius 1 is 1.48 bits per heavy atom. The van der Waals surface area contributed by atoms with E-state index in [4.69, 9.17) is 0 Å². The Balaban J connectivity index is 2.40. The fourth-order valence-electron chi connectivity index (χ4n) is 2.66. The molecule has 1 aromatic carbocycles. The summed E-state index contributed by atoms with van der Waals surface area (Å²) in [5, 5.41) is 15.4. The first kappa shape index (κ1) is 16.3. The van der Waals surface area contributed by atoms with E-state index in [0.717, 1.165) is 28.0 Å². The van der Waals surface area contributed by atoms with Crippen molar-refractivity contribution in [3.63, 3.8) is 0 Å². The largest absolute Gasteiger partial charge is 0.395 e. The zero-order valence-electron chi connectivity index (χ0n) is 12.6. The Morgan fingerprint density at radius 2 is 2.19 bits per heavy atom. The fraction of sp³-hybridized carbons (Fsp3) is 0.533. The quantitative estimate of drug-likeness (QED) is 0.732. The molecule has 0 fully saturated rings. The van der Waals surface area contributed by atoms with Gasteiger partial charge in [-0.25, -0.2) is 0 Å². The molecule has 5 nitrogen and oxygen atoms in total. The van der Waals surface area contributed by atoms with Gasteiger partial charge in [0, 0.05) is 28.3 Å². The fourth-order valence-corrected chi connectivity index (χ4v) is 3.25. The standard InChI is InChI=1S/C15H22BrN3O2/c1-4-17-14-10-7-11(16)13(8-12(10)18-15(14)21)19(5-6-20)9(2)3/h7-9,14,17,20H,4-6H2,1-3H3,(H,18,21). The van der Waals surface area contributed by atoms with E-state index in [2.05, 4.69) is 45.3 Å². The molecule has 2 rings (SSSR count). The van der Waals surface area contributed by atoms with Crippen LogP contribution in [0.5, 0.6) is 0 Å². The molecule has 3 N–H and O–H groups in total. The number of aliphatic hydroxyl groups excluding tert-OH is 1. The van der Waals surface area contributed by atoms with Gasteiger partial charge >= 0.3 is 0 Å². The highest BCUT2D eigenvalue weighted by atomic mass is 79.9. The number of nitrogens with zero attached hydrogens (tertiary/aromatic N) is 1. The SMILES string of the molecule is CCNC1C(=O)Nc2cc(N(CCO)C(C)C)c(Br)cc21. The molecule has 1 aliphatic heterocycles. The number of halogens is 1. The summed E-state index contributed by atoms with van der Waals surface area (Å²) in [4.78, 5) is 14.1. The van der Waals surface area contributed by atoms with Gasteiger partial charge in [0.25, 0.3) is 0 Å². The van der Waals surface area contributed by atoms with Gasteiger partial charge in [-0.05, 0) is 48.5 Å². The van der Waals surface area contributed by atoms with Gasteiger partial charge in [-0.2, -0.15) is 0 Å². The third kappa shape index (κ3) is 3.22. The van der Waals surface area contributed by atoms with Crippen molar-refractivity contribution in [3.05, 3.63) is 22.2 Å². The number of amides is 1. The van der Waals surface area contributed by atoms with Gasteiger partial charge < -0.3 is 20.6 Å². The number of carbonyl (C=O) groups is 1. The van der Waals surface area contributed by atoms with Crippen LogP contribution in [0.25, 0.3) is 0 Å². The predicted molar refractivity (Wildman–Crippen MR) is 88.8 cm³/mol. The van der Waals surface area contributed by atoms with Gasteiger partial charge in [-0.3, -0.25) is 4.79 Å².